The van der Waals surface area contributed by atoms with Crippen molar-refractivity contribution in [3.63, 3.8) is 0 Å². The van der Waals surface area contributed by atoms with Crippen LogP contribution in [0.25, 0.3) is 0 Å². The monoisotopic (exact) mass is 222 g/mol. The second-order valence-electron chi connectivity index (χ2n) is 4.36. The smallest absolute Gasteiger partial charge is 0.144 e. The Morgan fingerprint density at radius 1 is 1.25 bits per heavy atom. The predicted octanol–water partition coefficient (Wildman–Crippen LogP) is 1.48. The van der Waals surface area contributed by atoms with Crippen LogP contribution in [0, 0.1) is 0 Å². The normalized spacial score (nSPS) is 19.0. The van der Waals surface area contributed by atoms with Crippen molar-refractivity contribution in [1.82, 2.24) is 4.98 Å². The highest BCUT2D eigenvalue weighted by molar-refractivity contribution is 5.51. The Hall–Kier alpha value is -1.29. The van der Waals surface area contributed by atoms with E-state index in [0.29, 0.717) is 0 Å². The van der Waals surface area contributed by atoms with Crippen molar-refractivity contribution in [2.24, 2.45) is 5.73 Å². The number of methoxy groups -OCH3 is 2. The molecule has 2 rings (SSSR count). The number of pyridine rings is 1. The van der Waals surface area contributed by atoms with Gasteiger partial charge in [-0.2, -0.15) is 0 Å². The van der Waals surface area contributed by atoms with E-state index in [1.807, 2.05) is 6.92 Å². The average Bonchev–Trinajstić information content (AvgIpc) is 3.09. The lowest BCUT2D eigenvalue weighted by molar-refractivity contribution is 0.366. The van der Waals surface area contributed by atoms with E-state index in [1.165, 1.54) is 0 Å². The molecular formula is C12H18N2O2. The van der Waals surface area contributed by atoms with Gasteiger partial charge >= 0.3 is 0 Å². The number of aromatic nitrogens is 1. The highest BCUT2D eigenvalue weighted by atomic mass is 16.5. The van der Waals surface area contributed by atoms with E-state index >= 15 is 0 Å². The lowest BCUT2D eigenvalue weighted by Gasteiger charge is -2.24. The Kier molecular flexibility index (Phi) is 2.76. The van der Waals surface area contributed by atoms with E-state index in [4.69, 9.17) is 15.2 Å². The quantitative estimate of drug-likeness (QED) is 0.838. The maximum Gasteiger partial charge on any atom is 0.144 e. The van der Waals surface area contributed by atoms with E-state index in [-0.39, 0.29) is 11.5 Å². The van der Waals surface area contributed by atoms with Gasteiger partial charge in [-0.1, -0.05) is 0 Å². The standard InChI is InChI=1S/C12H18N2O2/c1-8(13)12(4-5-12)11-9(15-2)6-14-7-10(11)16-3/h6-8H,4-5,13H2,1-3H3. The van der Waals surface area contributed by atoms with Gasteiger partial charge < -0.3 is 15.2 Å². The highest BCUT2D eigenvalue weighted by Gasteiger charge is 2.51. The van der Waals surface area contributed by atoms with Crippen LogP contribution in [0.1, 0.15) is 25.3 Å². The van der Waals surface area contributed by atoms with E-state index in [0.717, 1.165) is 29.9 Å². The fourth-order valence-electron chi connectivity index (χ4n) is 2.29. The molecule has 16 heavy (non-hydrogen) atoms. The summed E-state index contributed by atoms with van der Waals surface area (Å²) in [6.07, 6.45) is 5.61. The minimum atomic E-state index is 0.0135. The molecule has 4 heteroatoms. The molecule has 0 spiro atoms. The van der Waals surface area contributed by atoms with Gasteiger partial charge in [0.25, 0.3) is 0 Å². The molecule has 1 fully saturated rings. The number of nitrogens with two attached hydrogens (primary N) is 1. The van der Waals surface area contributed by atoms with Crippen molar-refractivity contribution in [2.75, 3.05) is 14.2 Å². The molecule has 4 nitrogen and oxygen atoms in total. The molecule has 1 aliphatic carbocycles. The summed E-state index contributed by atoms with van der Waals surface area (Å²) < 4.78 is 10.7. The molecule has 0 saturated heterocycles. The minimum Gasteiger partial charge on any atom is -0.495 e. The maximum absolute atomic E-state index is 6.08. The van der Waals surface area contributed by atoms with Crippen LogP contribution in [0.5, 0.6) is 11.5 Å². The molecule has 1 aliphatic rings. The summed E-state index contributed by atoms with van der Waals surface area (Å²) in [6.45, 7) is 2.03. The fourth-order valence-corrected chi connectivity index (χ4v) is 2.29. The van der Waals surface area contributed by atoms with Crippen LogP contribution in [0.15, 0.2) is 12.4 Å². The molecule has 0 aromatic carbocycles. The highest BCUT2D eigenvalue weighted by Crippen LogP contribution is 2.55. The van der Waals surface area contributed by atoms with E-state index in [9.17, 15) is 0 Å². The van der Waals surface area contributed by atoms with Gasteiger partial charge in [0.05, 0.1) is 26.6 Å². The Morgan fingerprint density at radius 2 is 1.75 bits per heavy atom. The summed E-state index contributed by atoms with van der Waals surface area (Å²) in [6, 6.07) is 0.0951. The molecule has 1 aromatic rings. The lowest BCUT2D eigenvalue weighted by atomic mass is 9.89. The molecule has 0 amide bonds. The summed E-state index contributed by atoms with van der Waals surface area (Å²) >= 11 is 0. The summed E-state index contributed by atoms with van der Waals surface area (Å²) in [7, 11) is 3.30. The van der Waals surface area contributed by atoms with Crippen LogP contribution in [-0.4, -0.2) is 25.2 Å². The van der Waals surface area contributed by atoms with E-state index in [2.05, 4.69) is 4.98 Å². The third-order valence-electron chi connectivity index (χ3n) is 3.47. The summed E-state index contributed by atoms with van der Waals surface area (Å²) in [4.78, 5) is 4.10. The van der Waals surface area contributed by atoms with Gasteiger partial charge in [-0.3, -0.25) is 4.98 Å². The van der Waals surface area contributed by atoms with Crippen molar-refractivity contribution in [3.8, 4) is 11.5 Å². The number of nitrogens with zero attached hydrogens (tertiary/aromatic N) is 1. The van der Waals surface area contributed by atoms with Gasteiger partial charge in [0.1, 0.15) is 11.5 Å². The topological polar surface area (TPSA) is 57.4 Å². The first-order valence-electron chi connectivity index (χ1n) is 5.47. The Morgan fingerprint density at radius 3 is 2.06 bits per heavy atom. The number of hydrogen-bond acceptors (Lipinski definition) is 4. The molecule has 1 heterocycles. The van der Waals surface area contributed by atoms with Gasteiger partial charge in [0, 0.05) is 17.0 Å². The maximum atomic E-state index is 6.08. The zero-order valence-electron chi connectivity index (χ0n) is 9.99. The summed E-state index contributed by atoms with van der Waals surface area (Å²) in [5.74, 6) is 1.54. The van der Waals surface area contributed by atoms with Crippen LogP contribution >= 0.6 is 0 Å². The minimum absolute atomic E-state index is 0.0135. The number of ether oxygens (including phenoxy) is 2. The summed E-state index contributed by atoms with van der Waals surface area (Å²) in [5.41, 5.74) is 7.17. The Labute approximate surface area is 95.8 Å². The fraction of sp³-hybridized carbons (Fsp3) is 0.583. The zero-order chi connectivity index (χ0) is 11.8. The molecule has 1 aromatic heterocycles. The SMILES string of the molecule is COc1cncc(OC)c1C1(C(C)N)CC1. The van der Waals surface area contributed by atoms with Crippen LogP contribution in [0.4, 0.5) is 0 Å². The lowest BCUT2D eigenvalue weighted by Crippen LogP contribution is -2.32. The van der Waals surface area contributed by atoms with Crippen molar-refractivity contribution in [3.05, 3.63) is 18.0 Å². The molecule has 0 aliphatic heterocycles. The van der Waals surface area contributed by atoms with Crippen LogP contribution in [0.2, 0.25) is 0 Å². The van der Waals surface area contributed by atoms with Gasteiger partial charge in [-0.05, 0) is 19.8 Å². The van der Waals surface area contributed by atoms with Crippen LogP contribution < -0.4 is 15.2 Å². The predicted molar refractivity (Wildman–Crippen MR) is 61.9 cm³/mol. The van der Waals surface area contributed by atoms with Crippen LogP contribution in [0.3, 0.4) is 0 Å². The number of rotatable bonds is 4. The second kappa shape index (κ2) is 3.94. The van der Waals surface area contributed by atoms with Crippen molar-refractivity contribution >= 4 is 0 Å². The first-order valence-corrected chi connectivity index (χ1v) is 5.47. The van der Waals surface area contributed by atoms with E-state index < -0.39 is 0 Å². The summed E-state index contributed by atoms with van der Waals surface area (Å²) in [5, 5.41) is 0. The largest absolute Gasteiger partial charge is 0.495 e. The Balaban J connectivity index is 2.53. The number of hydrogen-bond donors (Lipinski definition) is 1. The van der Waals surface area contributed by atoms with E-state index in [1.54, 1.807) is 26.6 Å². The molecule has 1 unspecified atom stereocenters. The average molecular weight is 222 g/mol. The van der Waals surface area contributed by atoms with Crippen molar-refractivity contribution in [1.29, 1.82) is 0 Å². The molecule has 0 radical (unpaired) electrons. The first kappa shape index (κ1) is 11.2. The molecule has 2 N–H and O–H groups in total. The van der Waals surface area contributed by atoms with Gasteiger partial charge in [-0.15, -0.1) is 0 Å². The molecular weight excluding hydrogens is 204 g/mol. The molecule has 1 atom stereocenters. The van der Waals surface area contributed by atoms with Gasteiger partial charge in [-0.25, -0.2) is 0 Å². The first-order chi connectivity index (χ1) is 7.65. The second-order valence-corrected chi connectivity index (χ2v) is 4.36. The van der Waals surface area contributed by atoms with Crippen LogP contribution in [-0.2, 0) is 5.41 Å². The zero-order valence-corrected chi connectivity index (χ0v) is 9.99. The molecule has 88 valence electrons. The van der Waals surface area contributed by atoms with Gasteiger partial charge in [0.2, 0.25) is 0 Å². The third kappa shape index (κ3) is 1.53. The van der Waals surface area contributed by atoms with Gasteiger partial charge in [0.15, 0.2) is 0 Å². The molecule has 1 saturated carbocycles. The third-order valence-corrected chi connectivity index (χ3v) is 3.47. The van der Waals surface area contributed by atoms with Crippen molar-refractivity contribution < 1.29 is 9.47 Å². The Bertz CT molecular complexity index is 364. The molecule has 0 bridgehead atoms. The van der Waals surface area contributed by atoms with Crippen molar-refractivity contribution in [2.45, 2.75) is 31.2 Å².